The number of nitrogens with zero attached hydrogens (tertiary/aromatic N) is 4. The maximum atomic E-state index is 12.3. The Kier molecular flexibility index (Phi) is 5.14. The molecule has 0 aliphatic rings. The smallest absolute Gasteiger partial charge is 0.338 e. The zero-order valence-corrected chi connectivity index (χ0v) is 16.6. The van der Waals surface area contributed by atoms with Crippen LogP contribution in [0.4, 0.5) is 0 Å². The van der Waals surface area contributed by atoms with Gasteiger partial charge in [-0.15, -0.1) is 10.2 Å². The van der Waals surface area contributed by atoms with E-state index in [1.165, 1.54) is 0 Å². The van der Waals surface area contributed by atoms with E-state index >= 15 is 0 Å². The number of carbonyl (C=O) groups is 1. The summed E-state index contributed by atoms with van der Waals surface area (Å²) < 4.78 is 12.6. The molecule has 0 aliphatic heterocycles. The number of rotatable bonds is 5. The zero-order chi connectivity index (χ0) is 20.4. The largest absolute Gasteiger partial charge is 0.452 e. The van der Waals surface area contributed by atoms with E-state index in [2.05, 4.69) is 15.3 Å². The third-order valence-electron chi connectivity index (χ3n) is 4.24. The predicted octanol–water partition coefficient (Wildman–Crippen LogP) is 4.55. The first-order chi connectivity index (χ1) is 14.0. The number of hydrogen-bond donors (Lipinski definition) is 0. The molecule has 8 heteroatoms. The maximum Gasteiger partial charge on any atom is 0.338 e. The molecule has 0 bridgehead atoms. The van der Waals surface area contributed by atoms with Crippen molar-refractivity contribution in [2.24, 2.45) is 0 Å². The molecule has 7 nitrogen and oxygen atoms in total. The monoisotopic (exact) mass is 408 g/mol. The van der Waals surface area contributed by atoms with Crippen LogP contribution in [0.1, 0.15) is 27.6 Å². The van der Waals surface area contributed by atoms with Gasteiger partial charge in [0.05, 0.1) is 16.9 Å². The van der Waals surface area contributed by atoms with E-state index < -0.39 is 5.97 Å². The van der Waals surface area contributed by atoms with Crippen LogP contribution in [0.3, 0.4) is 0 Å². The van der Waals surface area contributed by atoms with Crippen molar-refractivity contribution in [1.82, 2.24) is 20.0 Å². The highest BCUT2D eigenvalue weighted by molar-refractivity contribution is 6.30. The Balaban J connectivity index is 1.40. The van der Waals surface area contributed by atoms with Crippen molar-refractivity contribution in [2.75, 3.05) is 0 Å². The van der Waals surface area contributed by atoms with Gasteiger partial charge in [0.25, 0.3) is 5.89 Å². The summed E-state index contributed by atoms with van der Waals surface area (Å²) in [5.41, 5.74) is 3.98. The number of aromatic nitrogens is 4. The lowest BCUT2D eigenvalue weighted by atomic mass is 10.2. The molecule has 4 rings (SSSR count). The van der Waals surface area contributed by atoms with Gasteiger partial charge in [-0.05, 0) is 68.4 Å². The van der Waals surface area contributed by atoms with Gasteiger partial charge < -0.3 is 9.15 Å². The number of aryl methyl sites for hydroxylation is 2. The Labute approximate surface area is 171 Å². The van der Waals surface area contributed by atoms with Crippen LogP contribution in [0.2, 0.25) is 5.02 Å². The minimum absolute atomic E-state index is 0.112. The van der Waals surface area contributed by atoms with Crippen LogP contribution in [0.25, 0.3) is 17.1 Å². The molecular formula is C21H17ClN4O3. The van der Waals surface area contributed by atoms with Gasteiger partial charge in [0.1, 0.15) is 0 Å². The molecule has 0 amide bonds. The number of carbonyl (C=O) groups excluding carboxylic acids is 1. The number of ether oxygens (including phenoxy) is 1. The lowest BCUT2D eigenvalue weighted by Gasteiger charge is -2.06. The normalized spacial score (nSPS) is 10.9. The lowest BCUT2D eigenvalue weighted by Crippen LogP contribution is -2.06. The summed E-state index contributed by atoms with van der Waals surface area (Å²) in [4.78, 5) is 12.3. The van der Waals surface area contributed by atoms with E-state index in [-0.39, 0.29) is 12.5 Å². The topological polar surface area (TPSA) is 83.0 Å². The molecule has 0 aliphatic carbocycles. The highest BCUT2D eigenvalue weighted by Gasteiger charge is 2.13. The van der Waals surface area contributed by atoms with Gasteiger partial charge >= 0.3 is 5.97 Å². The summed E-state index contributed by atoms with van der Waals surface area (Å²) in [6.07, 6.45) is 0. The average molecular weight is 409 g/mol. The van der Waals surface area contributed by atoms with Crippen LogP contribution in [-0.4, -0.2) is 25.9 Å². The Morgan fingerprint density at radius 3 is 2.45 bits per heavy atom. The molecule has 0 unspecified atom stereocenters. The highest BCUT2D eigenvalue weighted by atomic mass is 35.5. The van der Waals surface area contributed by atoms with E-state index in [9.17, 15) is 4.79 Å². The lowest BCUT2D eigenvalue weighted by molar-refractivity contribution is 0.0438. The van der Waals surface area contributed by atoms with Gasteiger partial charge in [-0.25, -0.2) is 9.48 Å². The van der Waals surface area contributed by atoms with Crippen molar-refractivity contribution in [3.63, 3.8) is 0 Å². The highest BCUT2D eigenvalue weighted by Crippen LogP contribution is 2.20. The number of esters is 1. The summed E-state index contributed by atoms with van der Waals surface area (Å²) in [6, 6.07) is 16.0. The van der Waals surface area contributed by atoms with Gasteiger partial charge in [-0.2, -0.15) is 5.10 Å². The van der Waals surface area contributed by atoms with Crippen molar-refractivity contribution in [2.45, 2.75) is 20.5 Å². The van der Waals surface area contributed by atoms with E-state index in [1.807, 2.05) is 36.7 Å². The van der Waals surface area contributed by atoms with Gasteiger partial charge in [0.15, 0.2) is 6.61 Å². The SMILES string of the molecule is Cc1cc(C)n(-c2ccc(C(=O)OCc3nnc(-c4ccc(Cl)cc4)o3)cc2)n1. The van der Waals surface area contributed by atoms with Gasteiger partial charge in [0, 0.05) is 16.3 Å². The number of hydrogen-bond acceptors (Lipinski definition) is 6. The second-order valence-corrected chi connectivity index (χ2v) is 6.91. The molecule has 0 saturated carbocycles. The summed E-state index contributed by atoms with van der Waals surface area (Å²) in [5, 5.41) is 12.9. The fraction of sp³-hybridized carbons (Fsp3) is 0.143. The molecule has 4 aromatic rings. The van der Waals surface area contributed by atoms with Gasteiger partial charge in [-0.3, -0.25) is 0 Å². The van der Waals surface area contributed by atoms with Crippen LogP contribution in [0, 0.1) is 13.8 Å². The Morgan fingerprint density at radius 2 is 1.79 bits per heavy atom. The summed E-state index contributed by atoms with van der Waals surface area (Å²) in [6.45, 7) is 3.80. The van der Waals surface area contributed by atoms with Crippen LogP contribution in [0.15, 0.2) is 59.0 Å². The number of halogens is 1. The second-order valence-electron chi connectivity index (χ2n) is 6.47. The van der Waals surface area contributed by atoms with Gasteiger partial charge in [0.2, 0.25) is 5.89 Å². The minimum Gasteiger partial charge on any atom is -0.452 e. The second kappa shape index (κ2) is 7.89. The average Bonchev–Trinajstić information content (AvgIpc) is 3.33. The van der Waals surface area contributed by atoms with E-state index in [1.54, 1.807) is 36.4 Å². The first-order valence-electron chi connectivity index (χ1n) is 8.89. The van der Waals surface area contributed by atoms with E-state index in [4.69, 9.17) is 20.8 Å². The van der Waals surface area contributed by atoms with E-state index in [0.29, 0.717) is 16.5 Å². The summed E-state index contributed by atoms with van der Waals surface area (Å²) in [5.74, 6) is 0.0701. The molecule has 2 aromatic heterocycles. The third-order valence-corrected chi connectivity index (χ3v) is 4.49. The molecule has 0 spiro atoms. The minimum atomic E-state index is -0.476. The standard InChI is InChI=1S/C21H17ClN4O3/c1-13-11-14(2)26(25-13)18-9-5-16(6-10-18)21(27)28-12-19-23-24-20(29-19)15-3-7-17(22)8-4-15/h3-11H,12H2,1-2H3. The van der Waals surface area contributed by atoms with Crippen LogP contribution >= 0.6 is 11.6 Å². The van der Waals surface area contributed by atoms with Crippen molar-refractivity contribution < 1.29 is 13.9 Å². The van der Waals surface area contributed by atoms with Crippen molar-refractivity contribution in [3.05, 3.63) is 82.5 Å². The third kappa shape index (κ3) is 4.20. The molecular weight excluding hydrogens is 392 g/mol. The van der Waals surface area contributed by atoms with Crippen LogP contribution in [-0.2, 0) is 11.3 Å². The predicted molar refractivity (Wildman–Crippen MR) is 107 cm³/mol. The molecule has 0 radical (unpaired) electrons. The van der Waals surface area contributed by atoms with E-state index in [0.717, 1.165) is 22.6 Å². The first-order valence-corrected chi connectivity index (χ1v) is 9.26. The Morgan fingerprint density at radius 1 is 1.07 bits per heavy atom. The molecule has 2 aromatic carbocycles. The summed E-state index contributed by atoms with van der Waals surface area (Å²) >= 11 is 5.87. The fourth-order valence-corrected chi connectivity index (χ4v) is 2.99. The fourth-order valence-electron chi connectivity index (χ4n) is 2.86. The Hall–Kier alpha value is -3.45. The van der Waals surface area contributed by atoms with Gasteiger partial charge in [-0.1, -0.05) is 11.6 Å². The zero-order valence-electron chi connectivity index (χ0n) is 15.8. The van der Waals surface area contributed by atoms with Crippen molar-refractivity contribution >= 4 is 17.6 Å². The molecule has 146 valence electrons. The number of benzene rings is 2. The maximum absolute atomic E-state index is 12.3. The molecule has 0 N–H and O–H groups in total. The Bertz CT molecular complexity index is 1150. The molecule has 29 heavy (non-hydrogen) atoms. The molecule has 0 saturated heterocycles. The van der Waals surface area contributed by atoms with Crippen LogP contribution in [0.5, 0.6) is 0 Å². The summed E-state index contributed by atoms with van der Waals surface area (Å²) in [7, 11) is 0. The first kappa shape index (κ1) is 18.9. The van der Waals surface area contributed by atoms with Crippen LogP contribution < -0.4 is 0 Å². The molecule has 0 fully saturated rings. The van der Waals surface area contributed by atoms with Crippen molar-refractivity contribution in [3.8, 4) is 17.1 Å². The molecule has 0 atom stereocenters. The van der Waals surface area contributed by atoms with Crippen molar-refractivity contribution in [1.29, 1.82) is 0 Å². The molecule has 2 heterocycles. The quantitative estimate of drug-likeness (QED) is 0.450.